The second-order valence-corrected chi connectivity index (χ2v) is 8.44. The van der Waals surface area contributed by atoms with E-state index in [1.54, 1.807) is 12.1 Å². The Bertz CT molecular complexity index is 743. The molecule has 1 atom stereocenters. The summed E-state index contributed by atoms with van der Waals surface area (Å²) < 4.78 is 31.8. The van der Waals surface area contributed by atoms with Crippen LogP contribution in [0.4, 0.5) is 0 Å². The van der Waals surface area contributed by atoms with Crippen LogP contribution in [0.2, 0.25) is 0 Å². The van der Waals surface area contributed by atoms with Gasteiger partial charge in [0.05, 0.1) is 11.0 Å². The van der Waals surface area contributed by atoms with Crippen molar-refractivity contribution in [2.75, 3.05) is 13.2 Å². The summed E-state index contributed by atoms with van der Waals surface area (Å²) in [5, 5.41) is 2.70. The van der Waals surface area contributed by atoms with E-state index in [0.29, 0.717) is 19.6 Å². The Morgan fingerprint density at radius 2 is 1.96 bits per heavy atom. The first-order valence-electron chi connectivity index (χ1n) is 8.76. The molecule has 26 heavy (non-hydrogen) atoms. The Hall–Kier alpha value is -1.93. The number of hydrogen-bond donors (Lipinski definition) is 1. The average Bonchev–Trinajstić information content (AvgIpc) is 2.97. The molecular weight excluding hydrogens is 356 g/mol. The summed E-state index contributed by atoms with van der Waals surface area (Å²) in [6.45, 7) is 6.57. The number of aryl methyl sites for hydroxylation is 1. The molecule has 1 saturated heterocycles. The van der Waals surface area contributed by atoms with E-state index in [1.165, 1.54) is 12.1 Å². The number of benzene rings is 1. The number of ether oxygens (including phenoxy) is 1. The quantitative estimate of drug-likeness (QED) is 0.690. The van der Waals surface area contributed by atoms with Gasteiger partial charge in [0.15, 0.2) is 0 Å². The maximum Gasteiger partial charge on any atom is 0.267 e. The summed E-state index contributed by atoms with van der Waals surface area (Å²) in [5.41, 5.74) is 0.912. The fraction of sp³-hybridized carbons (Fsp3) is 0.556. The van der Waals surface area contributed by atoms with Gasteiger partial charge in [0, 0.05) is 19.6 Å². The average molecular weight is 382 g/mol. The third-order valence-electron chi connectivity index (χ3n) is 4.11. The Morgan fingerprint density at radius 1 is 1.31 bits per heavy atom. The molecule has 2 rings (SSSR count). The van der Waals surface area contributed by atoms with Gasteiger partial charge in [0.25, 0.3) is 10.0 Å². The molecule has 0 spiro atoms. The highest BCUT2D eigenvalue weighted by Crippen LogP contribution is 2.27. The van der Waals surface area contributed by atoms with Crippen molar-refractivity contribution in [2.45, 2.75) is 57.1 Å². The van der Waals surface area contributed by atoms with Gasteiger partial charge in [-0.25, -0.2) is 12.7 Å². The van der Waals surface area contributed by atoms with Gasteiger partial charge in [-0.3, -0.25) is 9.59 Å². The molecular formula is C18H26N2O5S. The lowest BCUT2D eigenvalue weighted by Gasteiger charge is -2.23. The zero-order chi connectivity index (χ0) is 19.3. The molecule has 144 valence electrons. The molecule has 0 radical (unpaired) electrons. The number of carbonyl (C=O) groups is 2. The van der Waals surface area contributed by atoms with E-state index >= 15 is 0 Å². The molecule has 1 heterocycles. The van der Waals surface area contributed by atoms with E-state index < -0.39 is 27.9 Å². The van der Waals surface area contributed by atoms with Crippen molar-refractivity contribution < 1.29 is 22.7 Å². The van der Waals surface area contributed by atoms with Crippen LogP contribution in [0.5, 0.6) is 0 Å². The van der Waals surface area contributed by atoms with Crippen molar-refractivity contribution >= 4 is 21.8 Å². The number of nitrogens with one attached hydrogen (secondary N) is 1. The van der Waals surface area contributed by atoms with Crippen LogP contribution >= 0.6 is 0 Å². The number of carbonyl (C=O) groups excluding carboxylic acids is 2. The van der Waals surface area contributed by atoms with Crippen molar-refractivity contribution in [3.63, 3.8) is 0 Å². The first kappa shape index (κ1) is 20.4. The number of hydrogen-bond acceptors (Lipinski definition) is 5. The number of rotatable bonds is 8. The van der Waals surface area contributed by atoms with Gasteiger partial charge in [-0.1, -0.05) is 17.7 Å². The lowest BCUT2D eigenvalue weighted by atomic mass is 10.2. The Morgan fingerprint density at radius 3 is 2.58 bits per heavy atom. The van der Waals surface area contributed by atoms with E-state index in [9.17, 15) is 18.0 Å². The molecule has 0 saturated carbocycles. The lowest BCUT2D eigenvalue weighted by Crippen LogP contribution is -2.47. The highest BCUT2D eigenvalue weighted by Gasteiger charge is 2.44. The minimum absolute atomic E-state index is 0.0153. The summed E-state index contributed by atoms with van der Waals surface area (Å²) >= 11 is 0. The standard InChI is InChI=1S/C18H26N2O5S/c1-13(2)25-12-4-11-19-18(22)16-9-10-17(21)20(16)26(23,24)15-7-5-14(3)6-8-15/h5-8,13,16H,4,9-12H2,1-3H3,(H,19,22). The monoisotopic (exact) mass is 382 g/mol. The van der Waals surface area contributed by atoms with Crippen molar-refractivity contribution in [3.8, 4) is 0 Å². The Kier molecular flexibility index (Phi) is 6.77. The maximum absolute atomic E-state index is 12.8. The fourth-order valence-electron chi connectivity index (χ4n) is 2.75. The van der Waals surface area contributed by atoms with Gasteiger partial charge in [-0.15, -0.1) is 0 Å². The predicted octanol–water partition coefficient (Wildman–Crippen LogP) is 1.61. The third-order valence-corrected chi connectivity index (χ3v) is 5.96. The van der Waals surface area contributed by atoms with Crippen molar-refractivity contribution in [2.24, 2.45) is 0 Å². The molecule has 0 aliphatic carbocycles. The predicted molar refractivity (Wildman–Crippen MR) is 96.9 cm³/mol. The van der Waals surface area contributed by atoms with Crippen LogP contribution < -0.4 is 5.32 Å². The molecule has 1 aromatic carbocycles. The first-order valence-corrected chi connectivity index (χ1v) is 10.2. The zero-order valence-electron chi connectivity index (χ0n) is 15.4. The zero-order valence-corrected chi connectivity index (χ0v) is 16.2. The molecule has 2 amide bonds. The molecule has 0 aromatic heterocycles. The second kappa shape index (κ2) is 8.64. The molecule has 1 aliphatic heterocycles. The molecule has 8 heteroatoms. The van der Waals surface area contributed by atoms with Crippen LogP contribution in [-0.4, -0.2) is 49.8 Å². The third kappa shape index (κ3) is 4.82. The van der Waals surface area contributed by atoms with Crippen LogP contribution in [0.25, 0.3) is 0 Å². The normalized spacial score (nSPS) is 17.8. The van der Waals surface area contributed by atoms with Gasteiger partial charge < -0.3 is 10.1 Å². The van der Waals surface area contributed by atoms with Gasteiger partial charge >= 0.3 is 0 Å². The van der Waals surface area contributed by atoms with E-state index in [4.69, 9.17) is 4.74 Å². The van der Waals surface area contributed by atoms with Crippen molar-refractivity contribution in [3.05, 3.63) is 29.8 Å². The van der Waals surface area contributed by atoms with Crippen LogP contribution in [0.3, 0.4) is 0 Å². The molecule has 7 nitrogen and oxygen atoms in total. The minimum atomic E-state index is -4.05. The van der Waals surface area contributed by atoms with Gasteiger partial charge in [0.1, 0.15) is 6.04 Å². The van der Waals surface area contributed by atoms with Crippen LogP contribution in [0.1, 0.15) is 38.7 Å². The minimum Gasteiger partial charge on any atom is -0.379 e. The molecule has 0 bridgehead atoms. The second-order valence-electron chi connectivity index (χ2n) is 6.63. The Balaban J connectivity index is 2.05. The van der Waals surface area contributed by atoms with Crippen LogP contribution in [0, 0.1) is 6.92 Å². The van der Waals surface area contributed by atoms with Crippen molar-refractivity contribution in [1.82, 2.24) is 9.62 Å². The number of nitrogens with zero attached hydrogens (tertiary/aromatic N) is 1. The van der Waals surface area contributed by atoms with E-state index in [1.807, 2.05) is 20.8 Å². The van der Waals surface area contributed by atoms with Gasteiger partial charge in [0.2, 0.25) is 11.8 Å². The first-order chi connectivity index (χ1) is 12.2. The maximum atomic E-state index is 12.8. The highest BCUT2D eigenvalue weighted by molar-refractivity contribution is 7.89. The SMILES string of the molecule is Cc1ccc(S(=O)(=O)N2C(=O)CCC2C(=O)NCCCOC(C)C)cc1. The van der Waals surface area contributed by atoms with Crippen molar-refractivity contribution in [1.29, 1.82) is 0 Å². The Labute approximate surface area is 154 Å². The topological polar surface area (TPSA) is 92.8 Å². The van der Waals surface area contributed by atoms with E-state index in [0.717, 1.165) is 9.87 Å². The fourth-order valence-corrected chi connectivity index (χ4v) is 4.35. The largest absolute Gasteiger partial charge is 0.379 e. The summed E-state index contributed by atoms with van der Waals surface area (Å²) in [5.74, 6) is -0.995. The van der Waals surface area contributed by atoms with E-state index in [-0.39, 0.29) is 23.8 Å². The van der Waals surface area contributed by atoms with E-state index in [2.05, 4.69) is 5.32 Å². The lowest BCUT2D eigenvalue weighted by molar-refractivity contribution is -0.130. The summed E-state index contributed by atoms with van der Waals surface area (Å²) in [6, 6.07) is 5.23. The van der Waals surface area contributed by atoms with Gasteiger partial charge in [-0.2, -0.15) is 0 Å². The van der Waals surface area contributed by atoms with Crippen LogP contribution in [0.15, 0.2) is 29.2 Å². The molecule has 1 aromatic rings. The number of sulfonamides is 1. The molecule has 1 unspecified atom stereocenters. The molecule has 1 fully saturated rings. The smallest absolute Gasteiger partial charge is 0.267 e. The van der Waals surface area contributed by atoms with Crippen LogP contribution in [-0.2, 0) is 24.3 Å². The molecule has 1 aliphatic rings. The number of amides is 2. The summed E-state index contributed by atoms with van der Waals surface area (Å²) in [6.07, 6.45) is 0.973. The summed E-state index contributed by atoms with van der Waals surface area (Å²) in [7, 11) is -4.05. The summed E-state index contributed by atoms with van der Waals surface area (Å²) in [4.78, 5) is 24.6. The van der Waals surface area contributed by atoms with Gasteiger partial charge in [-0.05, 0) is 45.7 Å². The molecule has 1 N–H and O–H groups in total. The highest BCUT2D eigenvalue weighted by atomic mass is 32.2.